The van der Waals surface area contributed by atoms with Crippen LogP contribution >= 0.6 is 0 Å². The minimum absolute atomic E-state index is 0.0787. The second-order valence-electron chi connectivity index (χ2n) is 5.99. The third-order valence-corrected chi connectivity index (χ3v) is 4.29. The number of methoxy groups -OCH3 is 1. The van der Waals surface area contributed by atoms with E-state index in [0.29, 0.717) is 18.1 Å². The lowest BCUT2D eigenvalue weighted by molar-refractivity contribution is -0.0147. The van der Waals surface area contributed by atoms with Crippen molar-refractivity contribution in [2.24, 2.45) is 5.73 Å². The van der Waals surface area contributed by atoms with Crippen molar-refractivity contribution in [2.75, 3.05) is 13.7 Å². The highest BCUT2D eigenvalue weighted by atomic mass is 16.5. The second-order valence-corrected chi connectivity index (χ2v) is 5.99. The summed E-state index contributed by atoms with van der Waals surface area (Å²) in [7, 11) is 1.79. The Morgan fingerprint density at radius 1 is 1.41 bits per heavy atom. The fourth-order valence-corrected chi connectivity index (χ4v) is 3.13. The Bertz CT molecular complexity index is 230. The summed E-state index contributed by atoms with van der Waals surface area (Å²) in [6.45, 7) is 9.64. The van der Waals surface area contributed by atoms with Crippen LogP contribution in [0.3, 0.4) is 0 Å². The highest BCUT2D eigenvalue weighted by molar-refractivity contribution is 4.92. The van der Waals surface area contributed by atoms with E-state index in [1.54, 1.807) is 7.11 Å². The summed E-state index contributed by atoms with van der Waals surface area (Å²) in [6.07, 6.45) is 4.87. The van der Waals surface area contributed by atoms with Gasteiger partial charge in [-0.05, 0) is 46.5 Å². The van der Waals surface area contributed by atoms with Gasteiger partial charge < -0.3 is 10.5 Å². The molecule has 0 saturated carbocycles. The average molecular weight is 242 g/mol. The summed E-state index contributed by atoms with van der Waals surface area (Å²) >= 11 is 0. The molecule has 1 fully saturated rings. The van der Waals surface area contributed by atoms with E-state index in [4.69, 9.17) is 10.5 Å². The molecular formula is C14H30N2O. The largest absolute Gasteiger partial charge is 0.379 e. The van der Waals surface area contributed by atoms with Crippen LogP contribution in [-0.2, 0) is 4.74 Å². The van der Waals surface area contributed by atoms with E-state index in [9.17, 15) is 0 Å². The smallest absolute Gasteiger partial charge is 0.0638 e. The highest BCUT2D eigenvalue weighted by Crippen LogP contribution is 2.31. The number of likely N-dealkylation sites (tertiary alicyclic amines) is 1. The summed E-state index contributed by atoms with van der Waals surface area (Å²) in [5, 5.41) is 0. The predicted octanol–water partition coefficient (Wildman–Crippen LogP) is 2.39. The minimum Gasteiger partial charge on any atom is -0.379 e. The van der Waals surface area contributed by atoms with Crippen LogP contribution in [0.4, 0.5) is 0 Å². The van der Waals surface area contributed by atoms with Crippen LogP contribution in [-0.4, -0.2) is 42.3 Å². The molecule has 3 heteroatoms. The lowest BCUT2D eigenvalue weighted by Gasteiger charge is -2.39. The maximum atomic E-state index is 6.00. The molecular weight excluding hydrogens is 212 g/mol. The monoisotopic (exact) mass is 242 g/mol. The Morgan fingerprint density at radius 3 is 2.53 bits per heavy atom. The molecule has 3 atom stereocenters. The summed E-state index contributed by atoms with van der Waals surface area (Å²) in [5.41, 5.74) is 5.92. The zero-order chi connectivity index (χ0) is 13.1. The van der Waals surface area contributed by atoms with Crippen molar-refractivity contribution < 1.29 is 4.74 Å². The third-order valence-electron chi connectivity index (χ3n) is 4.29. The molecule has 0 amide bonds. The summed E-state index contributed by atoms with van der Waals surface area (Å²) in [4.78, 5) is 2.64. The molecule has 0 aromatic heterocycles. The van der Waals surface area contributed by atoms with Crippen LogP contribution in [0.1, 0.15) is 53.4 Å². The topological polar surface area (TPSA) is 38.5 Å². The zero-order valence-electron chi connectivity index (χ0n) is 12.2. The van der Waals surface area contributed by atoms with Crippen molar-refractivity contribution in [2.45, 2.75) is 77.1 Å². The van der Waals surface area contributed by atoms with Crippen LogP contribution in [0.5, 0.6) is 0 Å². The van der Waals surface area contributed by atoms with Gasteiger partial charge in [0.15, 0.2) is 0 Å². The first-order valence-corrected chi connectivity index (χ1v) is 6.97. The molecule has 1 rings (SSSR count). The lowest BCUT2D eigenvalue weighted by atomic mass is 9.96. The quantitative estimate of drug-likeness (QED) is 0.777. The van der Waals surface area contributed by atoms with Gasteiger partial charge in [0, 0.05) is 31.8 Å². The molecule has 2 N–H and O–H groups in total. The van der Waals surface area contributed by atoms with Gasteiger partial charge in [-0.25, -0.2) is 0 Å². The highest BCUT2D eigenvalue weighted by Gasteiger charge is 2.36. The summed E-state index contributed by atoms with van der Waals surface area (Å²) < 4.78 is 5.55. The number of rotatable bonds is 6. The van der Waals surface area contributed by atoms with E-state index in [2.05, 4.69) is 32.6 Å². The molecule has 0 aromatic carbocycles. The molecule has 0 aromatic rings. The molecule has 0 radical (unpaired) electrons. The fourth-order valence-electron chi connectivity index (χ4n) is 3.13. The van der Waals surface area contributed by atoms with E-state index in [1.165, 1.54) is 19.3 Å². The normalized spacial score (nSPS) is 28.6. The number of ether oxygens (including phenoxy) is 1. The molecule has 0 spiro atoms. The van der Waals surface area contributed by atoms with E-state index >= 15 is 0 Å². The maximum absolute atomic E-state index is 6.00. The second kappa shape index (κ2) is 6.17. The minimum atomic E-state index is -0.0787. The molecule has 1 aliphatic heterocycles. The maximum Gasteiger partial charge on any atom is 0.0638 e. The van der Waals surface area contributed by atoms with Gasteiger partial charge in [-0.15, -0.1) is 0 Å². The van der Waals surface area contributed by atoms with Gasteiger partial charge in [-0.2, -0.15) is 0 Å². The van der Waals surface area contributed by atoms with Gasteiger partial charge in [0.05, 0.1) is 5.60 Å². The Kier molecular flexibility index (Phi) is 5.42. The first-order chi connectivity index (χ1) is 7.95. The van der Waals surface area contributed by atoms with E-state index < -0.39 is 0 Å². The number of nitrogens with zero attached hydrogens (tertiary/aromatic N) is 1. The first-order valence-electron chi connectivity index (χ1n) is 6.97. The standard InChI is InChI=1S/C14H30N2O/c1-6-12-8-7-11(2)16(12)13(10-15)9-14(3,4)17-5/h11-13H,6-10,15H2,1-5H3. The van der Waals surface area contributed by atoms with Gasteiger partial charge in [-0.1, -0.05) is 6.92 Å². The third kappa shape index (κ3) is 3.67. The van der Waals surface area contributed by atoms with Crippen LogP contribution < -0.4 is 5.73 Å². The van der Waals surface area contributed by atoms with E-state index in [-0.39, 0.29) is 5.60 Å². The molecule has 1 heterocycles. The van der Waals surface area contributed by atoms with Crippen molar-refractivity contribution in [3.8, 4) is 0 Å². The number of nitrogens with two attached hydrogens (primary N) is 1. The van der Waals surface area contributed by atoms with Gasteiger partial charge in [-0.3, -0.25) is 4.90 Å². The number of hydrogen-bond donors (Lipinski definition) is 1. The van der Waals surface area contributed by atoms with Crippen molar-refractivity contribution in [3.63, 3.8) is 0 Å². The van der Waals surface area contributed by atoms with Crippen LogP contribution in [0.2, 0.25) is 0 Å². The molecule has 0 aliphatic carbocycles. The Balaban J connectivity index is 2.71. The van der Waals surface area contributed by atoms with Crippen molar-refractivity contribution in [1.29, 1.82) is 0 Å². The molecule has 102 valence electrons. The lowest BCUT2D eigenvalue weighted by Crippen LogP contribution is -2.49. The SMILES string of the molecule is CCC1CCC(C)N1C(CN)CC(C)(C)OC. The molecule has 17 heavy (non-hydrogen) atoms. The van der Waals surface area contributed by atoms with Crippen molar-refractivity contribution in [1.82, 2.24) is 4.90 Å². The molecule has 0 bridgehead atoms. The number of hydrogen-bond acceptors (Lipinski definition) is 3. The predicted molar refractivity (Wildman–Crippen MR) is 73.2 cm³/mol. The Labute approximate surface area is 107 Å². The van der Waals surface area contributed by atoms with Crippen molar-refractivity contribution in [3.05, 3.63) is 0 Å². The average Bonchev–Trinajstić information content (AvgIpc) is 2.67. The van der Waals surface area contributed by atoms with Crippen LogP contribution in [0.25, 0.3) is 0 Å². The zero-order valence-corrected chi connectivity index (χ0v) is 12.2. The summed E-state index contributed by atoms with van der Waals surface area (Å²) in [5.74, 6) is 0. The van der Waals surface area contributed by atoms with Crippen molar-refractivity contribution >= 4 is 0 Å². The Morgan fingerprint density at radius 2 is 2.06 bits per heavy atom. The molecule has 1 aliphatic rings. The van der Waals surface area contributed by atoms with Gasteiger partial charge in [0.2, 0.25) is 0 Å². The first kappa shape index (κ1) is 14.9. The summed E-state index contributed by atoms with van der Waals surface area (Å²) in [6, 6.07) is 1.83. The molecule has 1 saturated heterocycles. The van der Waals surface area contributed by atoms with Crippen LogP contribution in [0, 0.1) is 0 Å². The van der Waals surface area contributed by atoms with E-state index in [1.807, 2.05) is 0 Å². The van der Waals surface area contributed by atoms with Gasteiger partial charge >= 0.3 is 0 Å². The van der Waals surface area contributed by atoms with E-state index in [0.717, 1.165) is 13.0 Å². The molecule has 3 unspecified atom stereocenters. The fraction of sp³-hybridized carbons (Fsp3) is 1.00. The molecule has 3 nitrogen and oxygen atoms in total. The van der Waals surface area contributed by atoms with Gasteiger partial charge in [0.1, 0.15) is 0 Å². The van der Waals surface area contributed by atoms with Crippen LogP contribution in [0.15, 0.2) is 0 Å². The van der Waals surface area contributed by atoms with Gasteiger partial charge in [0.25, 0.3) is 0 Å². The Hall–Kier alpha value is -0.120.